The summed E-state index contributed by atoms with van der Waals surface area (Å²) in [5, 5.41) is 9.63. The second-order valence-electron chi connectivity index (χ2n) is 6.42. The minimum atomic E-state index is -0.838. The van der Waals surface area contributed by atoms with E-state index < -0.39 is 11.8 Å². The van der Waals surface area contributed by atoms with Gasteiger partial charge >= 0.3 is 11.8 Å². The van der Waals surface area contributed by atoms with E-state index in [1.54, 1.807) is 23.9 Å². The zero-order valence-corrected chi connectivity index (χ0v) is 15.9. The Labute approximate surface area is 169 Å². The number of thioether (sulfide) groups is 1. The van der Waals surface area contributed by atoms with E-state index in [9.17, 15) is 18.4 Å². The molecule has 0 saturated heterocycles. The van der Waals surface area contributed by atoms with Crippen LogP contribution < -0.4 is 10.6 Å². The molecular weight excluding hydrogens is 398 g/mol. The molecule has 148 valence electrons. The molecule has 1 aliphatic rings. The van der Waals surface area contributed by atoms with Crippen molar-refractivity contribution in [2.45, 2.75) is 18.1 Å². The number of fused-ring (bicyclic) bond motifs is 1. The van der Waals surface area contributed by atoms with E-state index in [2.05, 4.69) is 15.7 Å². The van der Waals surface area contributed by atoms with Crippen LogP contribution in [0.4, 0.5) is 14.6 Å². The number of halogens is 2. The van der Waals surface area contributed by atoms with Gasteiger partial charge < -0.3 is 10.6 Å². The summed E-state index contributed by atoms with van der Waals surface area (Å²) >= 11 is 1.66. The van der Waals surface area contributed by atoms with Gasteiger partial charge in [-0.25, -0.2) is 13.5 Å². The van der Waals surface area contributed by atoms with Gasteiger partial charge in [-0.3, -0.25) is 9.59 Å². The van der Waals surface area contributed by atoms with Gasteiger partial charge in [-0.2, -0.15) is 16.9 Å². The number of benzene rings is 2. The summed E-state index contributed by atoms with van der Waals surface area (Å²) in [7, 11) is 0. The first kappa shape index (κ1) is 19.1. The predicted octanol–water partition coefficient (Wildman–Crippen LogP) is 3.15. The van der Waals surface area contributed by atoms with Crippen molar-refractivity contribution in [3.63, 3.8) is 0 Å². The van der Waals surface area contributed by atoms with E-state index in [0.29, 0.717) is 28.6 Å². The summed E-state index contributed by atoms with van der Waals surface area (Å²) < 4.78 is 27.7. The molecule has 3 aromatic rings. The van der Waals surface area contributed by atoms with E-state index in [4.69, 9.17) is 0 Å². The molecule has 2 amide bonds. The van der Waals surface area contributed by atoms with Gasteiger partial charge in [-0.1, -0.05) is 12.1 Å². The lowest BCUT2D eigenvalue weighted by molar-refractivity contribution is -0.136. The van der Waals surface area contributed by atoms with E-state index in [1.807, 2.05) is 0 Å². The fraction of sp³-hybridized carbons (Fsp3) is 0.150. The van der Waals surface area contributed by atoms with Gasteiger partial charge in [0.1, 0.15) is 17.5 Å². The normalized spacial score (nSPS) is 12.5. The second-order valence-corrected chi connectivity index (χ2v) is 7.40. The summed E-state index contributed by atoms with van der Waals surface area (Å²) in [6, 6.07) is 11.3. The van der Waals surface area contributed by atoms with Crippen LogP contribution in [-0.4, -0.2) is 21.6 Å². The fourth-order valence-electron chi connectivity index (χ4n) is 2.94. The lowest BCUT2D eigenvalue weighted by Gasteiger charge is -2.11. The molecule has 6 nitrogen and oxygen atoms in total. The molecule has 0 radical (unpaired) electrons. The largest absolute Gasteiger partial charge is 0.344 e. The Kier molecular flexibility index (Phi) is 5.30. The molecule has 0 bridgehead atoms. The Bertz CT molecular complexity index is 1070. The SMILES string of the molecule is O=C(NCc1ccc(F)cc1)C(=O)Nc1c2c(nn1-c1ccc(F)cc1)CSC2. The molecule has 29 heavy (non-hydrogen) atoms. The Morgan fingerprint density at radius 3 is 2.31 bits per heavy atom. The second kappa shape index (κ2) is 8.04. The fourth-order valence-corrected chi connectivity index (χ4v) is 3.97. The van der Waals surface area contributed by atoms with Crippen molar-refractivity contribution in [2.24, 2.45) is 0 Å². The number of rotatable bonds is 4. The van der Waals surface area contributed by atoms with Crippen LogP contribution in [0.15, 0.2) is 48.5 Å². The Hall–Kier alpha value is -3.20. The zero-order chi connectivity index (χ0) is 20.4. The zero-order valence-electron chi connectivity index (χ0n) is 15.1. The molecule has 2 N–H and O–H groups in total. The Balaban J connectivity index is 1.50. The van der Waals surface area contributed by atoms with Crippen molar-refractivity contribution in [1.29, 1.82) is 0 Å². The highest BCUT2D eigenvalue weighted by Gasteiger charge is 2.26. The van der Waals surface area contributed by atoms with Gasteiger partial charge in [0.15, 0.2) is 0 Å². The van der Waals surface area contributed by atoms with Crippen LogP contribution in [0.2, 0.25) is 0 Å². The van der Waals surface area contributed by atoms with Crippen LogP contribution in [0.3, 0.4) is 0 Å². The third-order valence-corrected chi connectivity index (χ3v) is 5.40. The number of hydrogen-bond donors (Lipinski definition) is 2. The van der Waals surface area contributed by atoms with Gasteiger partial charge in [0.2, 0.25) is 0 Å². The molecule has 1 aromatic heterocycles. The van der Waals surface area contributed by atoms with Crippen LogP contribution in [0.25, 0.3) is 5.69 Å². The standard InChI is InChI=1S/C20H16F2N4O2S/c21-13-3-1-12(2-4-13)9-23-19(27)20(28)24-18-16-10-29-11-17(16)25-26(18)15-7-5-14(22)6-8-15/h1-8H,9-11H2,(H,23,27)(H,24,28). The number of carbonyl (C=O) groups excluding carboxylic acids is 2. The number of hydrogen-bond acceptors (Lipinski definition) is 4. The molecule has 0 saturated carbocycles. The summed E-state index contributed by atoms with van der Waals surface area (Å²) in [4.78, 5) is 24.7. The molecule has 0 unspecified atom stereocenters. The summed E-state index contributed by atoms with van der Waals surface area (Å²) in [5.74, 6) is -0.658. The van der Waals surface area contributed by atoms with Crippen LogP contribution in [0, 0.1) is 11.6 Å². The molecule has 1 aliphatic heterocycles. The maximum absolute atomic E-state index is 13.3. The van der Waals surface area contributed by atoms with Gasteiger partial charge in [0, 0.05) is 23.6 Å². The Morgan fingerprint density at radius 2 is 1.62 bits per heavy atom. The number of carbonyl (C=O) groups is 2. The lowest BCUT2D eigenvalue weighted by atomic mass is 10.2. The van der Waals surface area contributed by atoms with E-state index in [0.717, 1.165) is 11.3 Å². The smallest absolute Gasteiger partial charge is 0.314 e. The molecule has 9 heteroatoms. The topological polar surface area (TPSA) is 76.0 Å². The first-order valence-corrected chi connectivity index (χ1v) is 9.95. The third kappa shape index (κ3) is 4.14. The molecule has 0 aliphatic carbocycles. The summed E-state index contributed by atoms with van der Waals surface area (Å²) in [5.41, 5.74) is 2.91. The molecule has 0 fully saturated rings. The molecule has 2 aromatic carbocycles. The van der Waals surface area contributed by atoms with Crippen LogP contribution >= 0.6 is 11.8 Å². The number of aromatic nitrogens is 2. The number of nitrogens with one attached hydrogen (secondary N) is 2. The highest BCUT2D eigenvalue weighted by atomic mass is 32.2. The number of amides is 2. The minimum absolute atomic E-state index is 0.0950. The van der Waals surface area contributed by atoms with Gasteiger partial charge in [-0.05, 0) is 42.0 Å². The van der Waals surface area contributed by atoms with Gasteiger partial charge in [-0.15, -0.1) is 0 Å². The van der Waals surface area contributed by atoms with E-state index >= 15 is 0 Å². The number of anilines is 1. The molecular formula is C20H16F2N4O2S. The van der Waals surface area contributed by atoms with Crippen LogP contribution in [0.5, 0.6) is 0 Å². The first-order chi connectivity index (χ1) is 14.0. The van der Waals surface area contributed by atoms with E-state index in [1.165, 1.54) is 41.1 Å². The van der Waals surface area contributed by atoms with Crippen molar-refractivity contribution >= 4 is 29.4 Å². The summed E-state index contributed by atoms with van der Waals surface area (Å²) in [6.45, 7) is 0.0950. The van der Waals surface area contributed by atoms with Crippen molar-refractivity contribution in [2.75, 3.05) is 5.32 Å². The Morgan fingerprint density at radius 1 is 0.966 bits per heavy atom. The first-order valence-electron chi connectivity index (χ1n) is 8.79. The monoisotopic (exact) mass is 414 g/mol. The predicted molar refractivity (Wildman–Crippen MR) is 105 cm³/mol. The number of nitrogens with zero attached hydrogens (tertiary/aromatic N) is 2. The molecule has 2 heterocycles. The van der Waals surface area contributed by atoms with Crippen LogP contribution in [0.1, 0.15) is 16.8 Å². The quantitative estimate of drug-likeness (QED) is 0.643. The summed E-state index contributed by atoms with van der Waals surface area (Å²) in [6.07, 6.45) is 0. The highest BCUT2D eigenvalue weighted by molar-refractivity contribution is 7.98. The lowest BCUT2D eigenvalue weighted by Crippen LogP contribution is -2.35. The average Bonchev–Trinajstić information content (AvgIpc) is 3.30. The van der Waals surface area contributed by atoms with E-state index in [-0.39, 0.29) is 18.2 Å². The van der Waals surface area contributed by atoms with Crippen molar-refractivity contribution in [1.82, 2.24) is 15.1 Å². The maximum atomic E-state index is 13.3. The van der Waals surface area contributed by atoms with Crippen molar-refractivity contribution in [3.05, 3.63) is 77.0 Å². The highest BCUT2D eigenvalue weighted by Crippen LogP contribution is 2.36. The van der Waals surface area contributed by atoms with Crippen LogP contribution in [-0.2, 0) is 27.6 Å². The molecule has 0 spiro atoms. The van der Waals surface area contributed by atoms with Crippen molar-refractivity contribution in [3.8, 4) is 5.69 Å². The van der Waals surface area contributed by atoms with Crippen molar-refractivity contribution < 1.29 is 18.4 Å². The maximum Gasteiger partial charge on any atom is 0.314 e. The average molecular weight is 414 g/mol. The van der Waals surface area contributed by atoms with Gasteiger partial charge in [0.25, 0.3) is 0 Å². The molecule has 4 rings (SSSR count). The van der Waals surface area contributed by atoms with Gasteiger partial charge in [0.05, 0.1) is 11.4 Å². The minimum Gasteiger partial charge on any atom is -0.344 e. The molecule has 0 atom stereocenters. The third-order valence-electron chi connectivity index (χ3n) is 4.43.